The second kappa shape index (κ2) is 6.20. The third kappa shape index (κ3) is 3.10. The molecule has 0 bridgehead atoms. The highest BCUT2D eigenvalue weighted by Crippen LogP contribution is 2.34. The zero-order chi connectivity index (χ0) is 12.1. The molecule has 0 spiro atoms. The van der Waals surface area contributed by atoms with E-state index in [9.17, 15) is 0 Å². The summed E-state index contributed by atoms with van der Waals surface area (Å²) in [4.78, 5) is 0. The minimum Gasteiger partial charge on any atom is -0.314 e. The van der Waals surface area contributed by atoms with E-state index in [4.69, 9.17) is 0 Å². The molecule has 0 aromatic heterocycles. The quantitative estimate of drug-likeness (QED) is 0.811. The van der Waals surface area contributed by atoms with Crippen molar-refractivity contribution in [2.75, 3.05) is 6.54 Å². The Morgan fingerprint density at radius 2 is 1.88 bits per heavy atom. The second-order valence-corrected chi connectivity index (χ2v) is 5.19. The zero-order valence-electron chi connectivity index (χ0n) is 11.2. The molecule has 17 heavy (non-hydrogen) atoms. The molecule has 1 fully saturated rings. The normalized spacial score (nSPS) is 24.1. The maximum atomic E-state index is 3.63. The minimum atomic E-state index is 0.706. The predicted octanol–water partition coefficient (Wildman–Crippen LogP) is 3.88. The topological polar surface area (TPSA) is 12.0 Å². The van der Waals surface area contributed by atoms with Gasteiger partial charge in [0.25, 0.3) is 0 Å². The summed E-state index contributed by atoms with van der Waals surface area (Å²) in [6.45, 7) is 5.54. The van der Waals surface area contributed by atoms with E-state index in [0.29, 0.717) is 6.04 Å². The number of benzene rings is 1. The van der Waals surface area contributed by atoms with Gasteiger partial charge in [-0.05, 0) is 42.9 Å². The van der Waals surface area contributed by atoms with Gasteiger partial charge in [-0.3, -0.25) is 0 Å². The predicted molar refractivity (Wildman–Crippen MR) is 74.5 cm³/mol. The number of hydrogen-bond donors (Lipinski definition) is 1. The van der Waals surface area contributed by atoms with Crippen LogP contribution in [0.4, 0.5) is 0 Å². The highest BCUT2D eigenvalue weighted by molar-refractivity contribution is 5.27. The number of hydrogen-bond acceptors (Lipinski definition) is 1. The lowest BCUT2D eigenvalue weighted by Crippen LogP contribution is -2.30. The minimum absolute atomic E-state index is 0.706. The van der Waals surface area contributed by atoms with Crippen molar-refractivity contribution < 1.29 is 0 Å². The van der Waals surface area contributed by atoms with Gasteiger partial charge in [0.2, 0.25) is 0 Å². The van der Waals surface area contributed by atoms with Crippen molar-refractivity contribution in [1.82, 2.24) is 5.32 Å². The molecular formula is C16H25N. The van der Waals surface area contributed by atoms with Gasteiger partial charge in [-0.1, -0.05) is 51.0 Å². The highest BCUT2D eigenvalue weighted by Gasteiger charge is 2.27. The van der Waals surface area contributed by atoms with Crippen LogP contribution in [0.25, 0.3) is 0 Å². The Kier molecular flexibility index (Phi) is 4.61. The van der Waals surface area contributed by atoms with E-state index in [1.54, 1.807) is 0 Å². The number of rotatable bonds is 5. The summed E-state index contributed by atoms with van der Waals surface area (Å²) in [6.07, 6.45) is 6.52. The van der Waals surface area contributed by atoms with Gasteiger partial charge in [0.1, 0.15) is 0 Å². The van der Waals surface area contributed by atoms with Crippen LogP contribution in [-0.4, -0.2) is 12.6 Å². The molecule has 1 aliphatic rings. The SMILES string of the molecule is CCCc1ccc(C2CCCC2NCC)cc1. The molecule has 1 aromatic carbocycles. The van der Waals surface area contributed by atoms with Crippen LogP contribution in [-0.2, 0) is 6.42 Å². The van der Waals surface area contributed by atoms with Crippen LogP contribution in [0.5, 0.6) is 0 Å². The Morgan fingerprint density at radius 1 is 1.12 bits per heavy atom. The molecule has 1 nitrogen and oxygen atoms in total. The molecule has 1 aromatic rings. The lowest BCUT2D eigenvalue weighted by atomic mass is 9.93. The fraction of sp³-hybridized carbons (Fsp3) is 0.625. The van der Waals surface area contributed by atoms with Crippen molar-refractivity contribution in [2.24, 2.45) is 0 Å². The van der Waals surface area contributed by atoms with Gasteiger partial charge in [0.15, 0.2) is 0 Å². The third-order valence-electron chi connectivity index (χ3n) is 3.93. The first-order chi connectivity index (χ1) is 8.35. The summed E-state index contributed by atoms with van der Waals surface area (Å²) in [6, 6.07) is 10.0. The Balaban J connectivity index is 2.05. The first-order valence-corrected chi connectivity index (χ1v) is 7.17. The molecule has 94 valence electrons. The van der Waals surface area contributed by atoms with Crippen LogP contribution in [0.2, 0.25) is 0 Å². The molecular weight excluding hydrogens is 206 g/mol. The fourth-order valence-electron chi connectivity index (χ4n) is 3.09. The van der Waals surface area contributed by atoms with Crippen LogP contribution in [0, 0.1) is 0 Å². The molecule has 0 radical (unpaired) electrons. The molecule has 1 heteroatoms. The lowest BCUT2D eigenvalue weighted by molar-refractivity contribution is 0.492. The van der Waals surface area contributed by atoms with Gasteiger partial charge in [-0.15, -0.1) is 0 Å². The molecule has 1 aliphatic carbocycles. The van der Waals surface area contributed by atoms with Crippen molar-refractivity contribution in [3.8, 4) is 0 Å². The third-order valence-corrected chi connectivity index (χ3v) is 3.93. The van der Waals surface area contributed by atoms with E-state index >= 15 is 0 Å². The average molecular weight is 231 g/mol. The Hall–Kier alpha value is -0.820. The van der Waals surface area contributed by atoms with Gasteiger partial charge < -0.3 is 5.32 Å². The van der Waals surface area contributed by atoms with Crippen molar-refractivity contribution in [3.05, 3.63) is 35.4 Å². The first-order valence-electron chi connectivity index (χ1n) is 7.17. The van der Waals surface area contributed by atoms with E-state index in [1.165, 1.54) is 43.2 Å². The van der Waals surface area contributed by atoms with Crippen molar-refractivity contribution in [2.45, 2.75) is 57.9 Å². The Morgan fingerprint density at radius 3 is 2.53 bits per heavy atom. The molecule has 0 amide bonds. The highest BCUT2D eigenvalue weighted by atomic mass is 14.9. The van der Waals surface area contributed by atoms with Crippen molar-refractivity contribution in [1.29, 1.82) is 0 Å². The molecule has 2 unspecified atom stereocenters. The monoisotopic (exact) mass is 231 g/mol. The standard InChI is InChI=1S/C16H25N/c1-3-6-13-9-11-14(12-10-13)15-7-5-8-16(15)17-4-2/h9-12,15-17H,3-8H2,1-2H3. The summed E-state index contributed by atoms with van der Waals surface area (Å²) < 4.78 is 0. The van der Waals surface area contributed by atoms with Gasteiger partial charge in [0, 0.05) is 6.04 Å². The van der Waals surface area contributed by atoms with Crippen molar-refractivity contribution in [3.63, 3.8) is 0 Å². The summed E-state index contributed by atoms with van der Waals surface area (Å²) in [5, 5.41) is 3.63. The zero-order valence-corrected chi connectivity index (χ0v) is 11.2. The molecule has 1 saturated carbocycles. The Bertz CT molecular complexity index is 328. The molecule has 0 heterocycles. The van der Waals surface area contributed by atoms with Crippen LogP contribution in [0.1, 0.15) is 56.6 Å². The first kappa shape index (κ1) is 12.6. The maximum absolute atomic E-state index is 3.63. The molecule has 0 aliphatic heterocycles. The summed E-state index contributed by atoms with van der Waals surface area (Å²) in [7, 11) is 0. The number of aryl methyl sites for hydroxylation is 1. The van der Waals surface area contributed by atoms with Crippen LogP contribution >= 0.6 is 0 Å². The second-order valence-electron chi connectivity index (χ2n) is 5.19. The number of likely N-dealkylation sites (N-methyl/N-ethyl adjacent to an activating group) is 1. The van der Waals surface area contributed by atoms with Crippen LogP contribution in [0.3, 0.4) is 0 Å². The Labute approximate surface area is 106 Å². The van der Waals surface area contributed by atoms with E-state index < -0.39 is 0 Å². The van der Waals surface area contributed by atoms with E-state index in [-0.39, 0.29) is 0 Å². The lowest BCUT2D eigenvalue weighted by Gasteiger charge is -2.21. The van der Waals surface area contributed by atoms with Crippen molar-refractivity contribution >= 4 is 0 Å². The maximum Gasteiger partial charge on any atom is 0.0136 e. The average Bonchev–Trinajstić information content (AvgIpc) is 2.79. The van der Waals surface area contributed by atoms with Crippen LogP contribution < -0.4 is 5.32 Å². The molecule has 0 saturated heterocycles. The summed E-state index contributed by atoms with van der Waals surface area (Å²) in [5.74, 6) is 0.741. The van der Waals surface area contributed by atoms with Crippen LogP contribution in [0.15, 0.2) is 24.3 Å². The summed E-state index contributed by atoms with van der Waals surface area (Å²) >= 11 is 0. The van der Waals surface area contributed by atoms with E-state index in [0.717, 1.165) is 12.5 Å². The molecule has 2 rings (SSSR count). The number of nitrogens with one attached hydrogen (secondary N) is 1. The summed E-state index contributed by atoms with van der Waals surface area (Å²) in [5.41, 5.74) is 3.02. The smallest absolute Gasteiger partial charge is 0.0136 e. The van der Waals surface area contributed by atoms with Gasteiger partial charge in [0.05, 0.1) is 0 Å². The van der Waals surface area contributed by atoms with E-state index in [1.807, 2.05) is 0 Å². The van der Waals surface area contributed by atoms with Gasteiger partial charge in [-0.25, -0.2) is 0 Å². The van der Waals surface area contributed by atoms with Gasteiger partial charge >= 0.3 is 0 Å². The fourth-order valence-corrected chi connectivity index (χ4v) is 3.09. The van der Waals surface area contributed by atoms with Gasteiger partial charge in [-0.2, -0.15) is 0 Å². The molecule has 2 atom stereocenters. The van der Waals surface area contributed by atoms with E-state index in [2.05, 4.69) is 43.4 Å². The largest absolute Gasteiger partial charge is 0.314 e. The molecule has 1 N–H and O–H groups in total.